The summed E-state index contributed by atoms with van der Waals surface area (Å²) in [6, 6.07) is 23.1. The van der Waals surface area contributed by atoms with Crippen molar-refractivity contribution in [2.24, 2.45) is 5.92 Å². The van der Waals surface area contributed by atoms with Gasteiger partial charge in [-0.3, -0.25) is 4.79 Å². The lowest BCUT2D eigenvalue weighted by molar-refractivity contribution is -0.112. The number of imidazole rings is 1. The number of aromatic nitrogens is 2. The van der Waals surface area contributed by atoms with E-state index in [2.05, 4.69) is 103 Å². The van der Waals surface area contributed by atoms with Crippen molar-refractivity contribution in [2.45, 2.75) is 83.9 Å². The first kappa shape index (κ1) is 37.3. The van der Waals surface area contributed by atoms with Crippen LogP contribution in [0.3, 0.4) is 0 Å². The van der Waals surface area contributed by atoms with E-state index in [4.69, 9.17) is 9.47 Å². The number of aryl methyl sites for hydroxylation is 2. The Morgan fingerprint density at radius 2 is 1.74 bits per heavy atom. The molecular weight excluding hydrogens is 641 g/mol. The van der Waals surface area contributed by atoms with E-state index in [1.807, 2.05) is 30.6 Å². The van der Waals surface area contributed by atoms with Crippen LogP contribution < -0.4 is 15.0 Å². The van der Waals surface area contributed by atoms with E-state index >= 15 is 0 Å². The third kappa shape index (κ3) is 10.5. The van der Waals surface area contributed by atoms with Gasteiger partial charge in [-0.15, -0.1) is 11.8 Å². The van der Waals surface area contributed by atoms with E-state index in [0.29, 0.717) is 19.1 Å². The molecule has 0 spiro atoms. The number of rotatable bonds is 17. The van der Waals surface area contributed by atoms with Gasteiger partial charge in [-0.25, -0.2) is 4.98 Å². The highest BCUT2D eigenvalue weighted by molar-refractivity contribution is 7.98. The highest BCUT2D eigenvalue weighted by Gasteiger charge is 2.20. The van der Waals surface area contributed by atoms with Gasteiger partial charge in [0, 0.05) is 53.8 Å². The number of unbranched alkanes of at least 4 members (excludes halogenated alkanes) is 1. The molecule has 7 nitrogen and oxygen atoms in total. The average molecular weight is 695 g/mol. The molecule has 1 N–H and O–H groups in total. The Morgan fingerprint density at radius 1 is 0.960 bits per heavy atom. The summed E-state index contributed by atoms with van der Waals surface area (Å²) in [5.74, 6) is 2.19. The van der Waals surface area contributed by atoms with Gasteiger partial charge in [-0.2, -0.15) is 0 Å². The molecule has 5 rings (SSSR count). The third-order valence-electron chi connectivity index (χ3n) is 8.88. The Hall–Kier alpha value is -4.01. The third-order valence-corrected chi connectivity index (χ3v) is 9.91. The molecule has 0 fully saturated rings. The summed E-state index contributed by atoms with van der Waals surface area (Å²) in [4.78, 5) is 21.9. The molecule has 0 atom stereocenters. The fourth-order valence-electron chi connectivity index (χ4n) is 6.23. The Bertz CT molecular complexity index is 1700. The molecule has 50 heavy (non-hydrogen) atoms. The molecule has 0 unspecified atom stereocenters. The maximum Gasteiger partial charge on any atom is 0.251 e. The van der Waals surface area contributed by atoms with Gasteiger partial charge < -0.3 is 24.3 Å². The van der Waals surface area contributed by atoms with E-state index < -0.39 is 0 Å². The molecule has 0 bridgehead atoms. The molecule has 0 saturated heterocycles. The fourth-order valence-corrected chi connectivity index (χ4v) is 7.23. The second-order valence-corrected chi connectivity index (χ2v) is 14.5. The number of fused-ring (bicyclic) bond motifs is 1. The molecule has 3 aromatic carbocycles. The number of carbonyl (C=O) groups excluding carboxylic acids is 1. The summed E-state index contributed by atoms with van der Waals surface area (Å²) in [5, 5.41) is 3.18. The average Bonchev–Trinajstić information content (AvgIpc) is 3.46. The van der Waals surface area contributed by atoms with Crippen LogP contribution in [0.15, 0.2) is 83.5 Å². The summed E-state index contributed by atoms with van der Waals surface area (Å²) < 4.78 is 13.8. The normalized spacial score (nSPS) is 13.1. The van der Waals surface area contributed by atoms with Crippen LogP contribution >= 0.6 is 11.8 Å². The van der Waals surface area contributed by atoms with Gasteiger partial charge in [0.15, 0.2) is 0 Å². The predicted molar refractivity (Wildman–Crippen MR) is 209 cm³/mol. The lowest BCUT2D eigenvalue weighted by atomic mass is 9.96. The Kier molecular flexibility index (Phi) is 14.0. The quantitative estimate of drug-likeness (QED) is 0.0877. The van der Waals surface area contributed by atoms with Gasteiger partial charge in [0.05, 0.1) is 24.3 Å². The van der Waals surface area contributed by atoms with E-state index in [0.717, 1.165) is 103 Å². The van der Waals surface area contributed by atoms with E-state index in [9.17, 15) is 4.79 Å². The van der Waals surface area contributed by atoms with E-state index in [-0.39, 0.29) is 5.91 Å². The lowest BCUT2D eigenvalue weighted by Gasteiger charge is -2.30. The van der Waals surface area contributed by atoms with Crippen molar-refractivity contribution in [1.29, 1.82) is 0 Å². The number of nitrogens with one attached hydrogen (secondary N) is 1. The molecule has 4 aromatic rings. The standard InChI is InChI=1S/C42H54N4O3S/c1-6-8-23-48-24-25-49-38-16-11-33(12-17-38)34-13-20-40-36(26-34)27-35(10-9-22-45(40)28-31(3)4)42(47)44-37-14-18-39(19-15-37)50-29-41-32(5)43-30-46(41)21-7-2/h11-20,26-27,30-31H,6-10,21-25,28-29H2,1-5H3,(H,44,47). The van der Waals surface area contributed by atoms with Crippen molar-refractivity contribution >= 4 is 35.1 Å². The molecule has 0 saturated carbocycles. The number of anilines is 2. The van der Waals surface area contributed by atoms with Crippen molar-refractivity contribution < 1.29 is 14.3 Å². The van der Waals surface area contributed by atoms with Gasteiger partial charge in [-0.05, 0) is 110 Å². The number of nitrogens with zero attached hydrogens (tertiary/aromatic N) is 3. The summed E-state index contributed by atoms with van der Waals surface area (Å²) in [7, 11) is 0. The second-order valence-electron chi connectivity index (χ2n) is 13.5. The monoisotopic (exact) mass is 694 g/mol. The predicted octanol–water partition coefficient (Wildman–Crippen LogP) is 10.0. The van der Waals surface area contributed by atoms with Crippen molar-refractivity contribution in [3.8, 4) is 16.9 Å². The maximum atomic E-state index is 13.7. The van der Waals surface area contributed by atoms with Crippen LogP contribution in [-0.4, -0.2) is 48.4 Å². The number of hydrogen-bond donors (Lipinski definition) is 1. The Morgan fingerprint density at radius 3 is 2.48 bits per heavy atom. The van der Waals surface area contributed by atoms with Crippen molar-refractivity contribution in [1.82, 2.24) is 9.55 Å². The molecule has 1 aliphatic rings. The molecule has 0 aliphatic carbocycles. The first-order valence-electron chi connectivity index (χ1n) is 18.3. The van der Waals surface area contributed by atoms with Crippen LogP contribution in [0.5, 0.6) is 5.75 Å². The molecule has 1 aromatic heterocycles. The van der Waals surface area contributed by atoms with Gasteiger partial charge in [0.1, 0.15) is 12.4 Å². The lowest BCUT2D eigenvalue weighted by Crippen LogP contribution is -2.30. The summed E-state index contributed by atoms with van der Waals surface area (Å²) in [6.45, 7) is 15.7. The Labute approximate surface area is 303 Å². The van der Waals surface area contributed by atoms with E-state index in [1.54, 1.807) is 11.8 Å². The number of amides is 1. The van der Waals surface area contributed by atoms with Crippen LogP contribution in [0.2, 0.25) is 0 Å². The molecule has 0 radical (unpaired) electrons. The topological polar surface area (TPSA) is 68.6 Å². The zero-order chi connectivity index (χ0) is 35.3. The van der Waals surface area contributed by atoms with Gasteiger partial charge in [0.2, 0.25) is 0 Å². The fraction of sp³-hybridized carbons (Fsp3) is 0.429. The van der Waals surface area contributed by atoms with Gasteiger partial charge in [0.25, 0.3) is 5.91 Å². The summed E-state index contributed by atoms with van der Waals surface area (Å²) in [5.41, 5.74) is 8.43. The summed E-state index contributed by atoms with van der Waals surface area (Å²) in [6.07, 6.45) is 8.97. The number of ether oxygens (including phenoxy) is 2. The molecular formula is C42H54N4O3S. The first-order valence-corrected chi connectivity index (χ1v) is 19.3. The largest absolute Gasteiger partial charge is 0.491 e. The molecule has 2 heterocycles. The second kappa shape index (κ2) is 18.8. The minimum Gasteiger partial charge on any atom is -0.491 e. The van der Waals surface area contributed by atoms with Crippen molar-refractivity contribution in [3.63, 3.8) is 0 Å². The highest BCUT2D eigenvalue weighted by Crippen LogP contribution is 2.34. The Balaban J connectivity index is 1.28. The molecule has 8 heteroatoms. The number of hydrogen-bond acceptors (Lipinski definition) is 6. The zero-order valence-corrected chi connectivity index (χ0v) is 31.4. The first-order chi connectivity index (χ1) is 24.3. The number of carbonyl (C=O) groups is 1. The molecule has 1 amide bonds. The van der Waals surface area contributed by atoms with Crippen LogP contribution in [0.4, 0.5) is 11.4 Å². The smallest absolute Gasteiger partial charge is 0.251 e. The van der Waals surface area contributed by atoms with Crippen LogP contribution in [-0.2, 0) is 21.8 Å². The summed E-state index contributed by atoms with van der Waals surface area (Å²) >= 11 is 1.79. The minimum atomic E-state index is -0.0432. The van der Waals surface area contributed by atoms with Crippen LogP contribution in [0, 0.1) is 12.8 Å². The SMILES string of the molecule is CCCCOCCOc1ccc(-c2ccc3c(c2)C=C(C(=O)Nc2ccc(SCc4c(C)ncn4CCC)cc2)CCCN3CC(C)C)cc1. The molecule has 266 valence electrons. The van der Waals surface area contributed by atoms with Crippen molar-refractivity contribution in [2.75, 3.05) is 43.1 Å². The van der Waals surface area contributed by atoms with Gasteiger partial charge in [-0.1, -0.05) is 52.3 Å². The van der Waals surface area contributed by atoms with Gasteiger partial charge >= 0.3 is 0 Å². The molecule has 1 aliphatic heterocycles. The van der Waals surface area contributed by atoms with Crippen LogP contribution in [0.1, 0.15) is 76.8 Å². The number of thioether (sulfide) groups is 1. The highest BCUT2D eigenvalue weighted by atomic mass is 32.2. The maximum absolute atomic E-state index is 13.7. The van der Waals surface area contributed by atoms with Crippen molar-refractivity contribution in [3.05, 3.63) is 95.6 Å². The zero-order valence-electron chi connectivity index (χ0n) is 30.5. The minimum absolute atomic E-state index is 0.0432. The van der Waals surface area contributed by atoms with Crippen LogP contribution in [0.25, 0.3) is 17.2 Å². The van der Waals surface area contributed by atoms with E-state index in [1.165, 1.54) is 16.3 Å². The number of benzene rings is 3.